The van der Waals surface area contributed by atoms with Crippen LogP contribution in [0.15, 0.2) is 23.1 Å². The van der Waals surface area contributed by atoms with Crippen LogP contribution in [0.2, 0.25) is 5.02 Å². The van der Waals surface area contributed by atoms with Crippen molar-refractivity contribution < 1.29 is 17.9 Å². The zero-order chi connectivity index (χ0) is 14.8. The zero-order valence-electron chi connectivity index (χ0n) is 11.2. The lowest BCUT2D eigenvalue weighted by molar-refractivity contribution is 0.190. The average Bonchev–Trinajstić information content (AvgIpc) is 2.16. The lowest BCUT2D eigenvalue weighted by Gasteiger charge is -2.20. The van der Waals surface area contributed by atoms with Gasteiger partial charge in [-0.3, -0.25) is 0 Å². The Labute approximate surface area is 117 Å². The number of carbonyl (C=O) groups excluding carboxylic acids is 1. The summed E-state index contributed by atoms with van der Waals surface area (Å²) in [7, 11) is -3.38. The Balaban J connectivity index is 2.99. The van der Waals surface area contributed by atoms with Crippen molar-refractivity contribution in [1.29, 1.82) is 0 Å². The summed E-state index contributed by atoms with van der Waals surface area (Å²) in [4.78, 5) is 11.6. The first-order valence-electron chi connectivity index (χ1n) is 5.49. The summed E-state index contributed by atoms with van der Waals surface area (Å²) < 4.78 is 27.8. The number of rotatable bonds is 2. The highest BCUT2D eigenvalue weighted by Gasteiger charge is 2.18. The standard InChI is InChI=1S/C12H16ClNO4S/c1-12(2,3)14-11(15)18-10-7-8(19(4,16)17)5-6-9(10)13/h5-7H,1-4H3,(H,14,15). The second-order valence-electron chi connectivity index (χ2n) is 5.13. The van der Waals surface area contributed by atoms with Gasteiger partial charge in [0, 0.05) is 17.9 Å². The maximum absolute atomic E-state index is 11.6. The predicted molar refractivity (Wildman–Crippen MR) is 73.5 cm³/mol. The molecular weight excluding hydrogens is 290 g/mol. The molecule has 0 aromatic heterocycles. The second-order valence-corrected chi connectivity index (χ2v) is 7.55. The molecule has 1 aromatic rings. The van der Waals surface area contributed by atoms with Crippen molar-refractivity contribution in [2.75, 3.05) is 6.26 Å². The van der Waals surface area contributed by atoms with E-state index in [9.17, 15) is 13.2 Å². The third kappa shape index (κ3) is 5.08. The van der Waals surface area contributed by atoms with Crippen molar-refractivity contribution in [2.24, 2.45) is 0 Å². The number of ether oxygens (including phenoxy) is 1. The Morgan fingerprint density at radius 1 is 1.32 bits per heavy atom. The van der Waals surface area contributed by atoms with Crippen LogP contribution in [-0.2, 0) is 9.84 Å². The summed E-state index contributed by atoms with van der Waals surface area (Å²) in [6.07, 6.45) is 0.370. The van der Waals surface area contributed by atoms with Crippen LogP contribution in [0.3, 0.4) is 0 Å². The fraction of sp³-hybridized carbons (Fsp3) is 0.417. The van der Waals surface area contributed by atoms with Crippen LogP contribution in [0.5, 0.6) is 5.75 Å². The first-order valence-corrected chi connectivity index (χ1v) is 7.75. The number of hydrogen-bond donors (Lipinski definition) is 1. The predicted octanol–water partition coefficient (Wildman–Crippen LogP) is 2.63. The Morgan fingerprint density at radius 3 is 2.37 bits per heavy atom. The van der Waals surface area contributed by atoms with Gasteiger partial charge in [0.05, 0.1) is 9.92 Å². The van der Waals surface area contributed by atoms with Gasteiger partial charge in [-0.05, 0) is 32.9 Å². The Kier molecular flexibility index (Phi) is 4.47. The second kappa shape index (κ2) is 5.38. The van der Waals surface area contributed by atoms with E-state index >= 15 is 0 Å². The quantitative estimate of drug-likeness (QED) is 0.911. The van der Waals surface area contributed by atoms with E-state index < -0.39 is 21.5 Å². The van der Waals surface area contributed by atoms with Gasteiger partial charge >= 0.3 is 6.09 Å². The van der Waals surface area contributed by atoms with Crippen molar-refractivity contribution in [2.45, 2.75) is 31.2 Å². The molecule has 1 N–H and O–H groups in total. The van der Waals surface area contributed by atoms with Gasteiger partial charge in [0.2, 0.25) is 0 Å². The summed E-state index contributed by atoms with van der Waals surface area (Å²) in [5, 5.41) is 2.75. The number of carbonyl (C=O) groups is 1. The van der Waals surface area contributed by atoms with E-state index in [0.29, 0.717) is 0 Å². The summed E-state index contributed by atoms with van der Waals surface area (Å²) >= 11 is 5.86. The summed E-state index contributed by atoms with van der Waals surface area (Å²) in [5.74, 6) is 0.00587. The molecule has 7 heteroatoms. The molecule has 0 spiro atoms. The number of benzene rings is 1. The minimum atomic E-state index is -3.38. The van der Waals surface area contributed by atoms with Crippen LogP contribution < -0.4 is 10.1 Å². The molecule has 0 atom stereocenters. The van der Waals surface area contributed by atoms with E-state index in [1.54, 1.807) is 20.8 Å². The molecule has 0 aliphatic carbocycles. The van der Waals surface area contributed by atoms with E-state index in [-0.39, 0.29) is 15.7 Å². The lowest BCUT2D eigenvalue weighted by atomic mass is 10.1. The van der Waals surface area contributed by atoms with Gasteiger partial charge < -0.3 is 10.1 Å². The number of amides is 1. The van der Waals surface area contributed by atoms with Gasteiger partial charge in [0.1, 0.15) is 0 Å². The van der Waals surface area contributed by atoms with Crippen molar-refractivity contribution >= 4 is 27.5 Å². The highest BCUT2D eigenvalue weighted by atomic mass is 35.5. The number of hydrogen-bond acceptors (Lipinski definition) is 4. The van der Waals surface area contributed by atoms with Crippen LogP contribution in [0.25, 0.3) is 0 Å². The van der Waals surface area contributed by atoms with E-state index in [1.807, 2.05) is 0 Å². The molecule has 0 saturated heterocycles. The molecule has 0 radical (unpaired) electrons. The van der Waals surface area contributed by atoms with Gasteiger partial charge in [0.25, 0.3) is 0 Å². The Bertz CT molecular complexity index is 590. The van der Waals surface area contributed by atoms with Crippen molar-refractivity contribution in [3.8, 4) is 5.75 Å². The fourth-order valence-corrected chi connectivity index (χ4v) is 2.02. The molecule has 1 aromatic carbocycles. The maximum atomic E-state index is 11.6. The minimum absolute atomic E-state index is 0.00587. The number of nitrogens with one attached hydrogen (secondary N) is 1. The van der Waals surface area contributed by atoms with Crippen LogP contribution in [0.1, 0.15) is 20.8 Å². The number of halogens is 1. The Morgan fingerprint density at radius 2 is 1.89 bits per heavy atom. The van der Waals surface area contributed by atoms with Gasteiger partial charge in [-0.15, -0.1) is 0 Å². The van der Waals surface area contributed by atoms with E-state index in [2.05, 4.69) is 5.32 Å². The summed E-state index contributed by atoms with van der Waals surface area (Å²) in [6.45, 7) is 5.38. The van der Waals surface area contributed by atoms with Crippen molar-refractivity contribution in [1.82, 2.24) is 5.32 Å². The van der Waals surface area contributed by atoms with Crippen LogP contribution in [0, 0.1) is 0 Å². The topological polar surface area (TPSA) is 72.5 Å². The van der Waals surface area contributed by atoms with Crippen LogP contribution >= 0.6 is 11.6 Å². The molecule has 106 valence electrons. The summed E-state index contributed by atoms with van der Waals surface area (Å²) in [5.41, 5.74) is -0.460. The highest BCUT2D eigenvalue weighted by molar-refractivity contribution is 7.90. The monoisotopic (exact) mass is 305 g/mol. The molecule has 0 aliphatic rings. The van der Waals surface area contributed by atoms with Crippen molar-refractivity contribution in [3.05, 3.63) is 23.2 Å². The maximum Gasteiger partial charge on any atom is 0.413 e. The highest BCUT2D eigenvalue weighted by Crippen LogP contribution is 2.27. The third-order valence-electron chi connectivity index (χ3n) is 2.01. The van der Waals surface area contributed by atoms with Crippen molar-refractivity contribution in [3.63, 3.8) is 0 Å². The smallest absolute Gasteiger partial charge is 0.409 e. The molecule has 0 fully saturated rings. The molecule has 0 saturated carbocycles. The average molecular weight is 306 g/mol. The van der Waals surface area contributed by atoms with E-state index in [4.69, 9.17) is 16.3 Å². The minimum Gasteiger partial charge on any atom is -0.409 e. The number of sulfone groups is 1. The first-order chi connectivity index (χ1) is 8.49. The van der Waals surface area contributed by atoms with E-state index in [1.165, 1.54) is 18.2 Å². The normalized spacial score (nSPS) is 12.1. The molecule has 5 nitrogen and oxygen atoms in total. The molecule has 0 heterocycles. The lowest BCUT2D eigenvalue weighted by Crippen LogP contribution is -2.42. The summed E-state index contributed by atoms with van der Waals surface area (Å²) in [6, 6.07) is 3.95. The Hall–Kier alpha value is -1.27. The molecule has 1 rings (SSSR count). The fourth-order valence-electron chi connectivity index (χ4n) is 1.22. The molecular formula is C12H16ClNO4S. The molecule has 19 heavy (non-hydrogen) atoms. The van der Waals surface area contributed by atoms with Gasteiger partial charge in [-0.1, -0.05) is 11.6 Å². The molecule has 0 aliphatic heterocycles. The molecule has 0 unspecified atom stereocenters. The van der Waals surface area contributed by atoms with Crippen LogP contribution in [-0.4, -0.2) is 26.3 Å². The molecule has 1 amide bonds. The van der Waals surface area contributed by atoms with Gasteiger partial charge in [-0.2, -0.15) is 0 Å². The largest absolute Gasteiger partial charge is 0.413 e. The van der Waals surface area contributed by atoms with Gasteiger partial charge in [0.15, 0.2) is 15.6 Å². The van der Waals surface area contributed by atoms with E-state index in [0.717, 1.165) is 6.26 Å². The SMILES string of the molecule is CC(C)(C)NC(=O)Oc1cc(S(C)(=O)=O)ccc1Cl. The van der Waals surface area contributed by atoms with Gasteiger partial charge in [-0.25, -0.2) is 13.2 Å². The zero-order valence-corrected chi connectivity index (χ0v) is 12.7. The molecule has 0 bridgehead atoms. The van der Waals surface area contributed by atoms with Crippen LogP contribution in [0.4, 0.5) is 4.79 Å². The first kappa shape index (κ1) is 15.8. The third-order valence-corrected chi connectivity index (χ3v) is 3.43.